The van der Waals surface area contributed by atoms with E-state index in [1.165, 1.54) is 0 Å². The molecule has 0 fully saturated rings. The summed E-state index contributed by atoms with van der Waals surface area (Å²) < 4.78 is 0. The second kappa shape index (κ2) is 6.64. The first-order chi connectivity index (χ1) is 15.7. The number of hydrogen-bond acceptors (Lipinski definition) is 4. The van der Waals surface area contributed by atoms with Crippen LogP contribution in [-0.4, -0.2) is 0 Å². The van der Waals surface area contributed by atoms with Gasteiger partial charge in [0.25, 0.3) is 0 Å². The van der Waals surface area contributed by atoms with Gasteiger partial charge >= 0.3 is 0 Å². The zero-order valence-corrected chi connectivity index (χ0v) is 16.9. The van der Waals surface area contributed by atoms with E-state index in [2.05, 4.69) is 36.4 Å². The van der Waals surface area contributed by atoms with Crippen molar-refractivity contribution in [1.82, 2.24) is 0 Å². The molecule has 3 aliphatic rings. The molecule has 4 aromatic rings. The van der Waals surface area contributed by atoms with Gasteiger partial charge in [0.15, 0.2) is 11.2 Å². The van der Waals surface area contributed by atoms with Crippen LogP contribution in [0.5, 0.6) is 0 Å². The normalized spacial score (nSPS) is 22.3. The molecular weight excluding hydrogens is 396 g/mol. The summed E-state index contributed by atoms with van der Waals surface area (Å²) in [5.41, 5.74) is 5.06. The van der Waals surface area contributed by atoms with Crippen molar-refractivity contribution in [2.45, 2.75) is 11.2 Å². The Morgan fingerprint density at radius 1 is 0.469 bits per heavy atom. The Morgan fingerprint density at radius 3 is 1.06 bits per heavy atom. The topological polar surface area (TPSA) is 66.0 Å². The summed E-state index contributed by atoms with van der Waals surface area (Å²) in [4.78, 5) is 12.7. The maximum absolute atomic E-state index is 9.25. The average Bonchev–Trinajstić information content (AvgIpc) is 2.89. The van der Waals surface area contributed by atoms with Gasteiger partial charge in [-0.3, -0.25) is 0 Å². The Morgan fingerprint density at radius 2 is 0.781 bits per heavy atom. The summed E-state index contributed by atoms with van der Waals surface area (Å²) in [5, 5.41) is 18.5. The van der Waals surface area contributed by atoms with Crippen molar-refractivity contribution in [2.24, 2.45) is 0 Å². The van der Waals surface area contributed by atoms with Crippen LogP contribution < -0.4 is 0 Å². The summed E-state index contributed by atoms with van der Waals surface area (Å²) >= 11 is 0. The summed E-state index contributed by atoms with van der Waals surface area (Å²) in [6.45, 7) is 0. The third-order valence-corrected chi connectivity index (χ3v) is 6.50. The molecule has 4 heteroatoms. The van der Waals surface area contributed by atoms with Crippen molar-refractivity contribution in [3.05, 3.63) is 142 Å². The molecule has 0 spiro atoms. The van der Waals surface area contributed by atoms with E-state index in [0.29, 0.717) is 11.1 Å². The van der Waals surface area contributed by atoms with E-state index in [9.17, 15) is 10.5 Å². The average molecular weight is 412 g/mol. The fraction of sp³-hybridized carbons (Fsp3) is 0.0714. The molecule has 2 bridgehead atoms. The summed E-state index contributed by atoms with van der Waals surface area (Å²) in [5.74, 6) is 0. The Kier molecular flexibility index (Phi) is 3.85. The van der Waals surface area contributed by atoms with Crippen LogP contribution in [0.2, 0.25) is 0 Å². The standard InChI is InChI=1S/C28H16N2O2/c29-17-19-9-13-21(14-10-19)27-23-5-1-2-6-24(23)28(32-31-27,26-8-4-3-7-25(26)27)22-15-11-20(18-30)12-16-22/h1-16H. The fourth-order valence-electron chi connectivity index (χ4n) is 5.07. The molecule has 0 aromatic heterocycles. The number of nitriles is 2. The van der Waals surface area contributed by atoms with E-state index in [1.54, 1.807) is 24.3 Å². The molecule has 0 saturated carbocycles. The van der Waals surface area contributed by atoms with Crippen LogP contribution >= 0.6 is 0 Å². The van der Waals surface area contributed by atoms with Crippen molar-refractivity contribution >= 4 is 0 Å². The first kappa shape index (κ1) is 18.5. The fourth-order valence-corrected chi connectivity index (χ4v) is 5.07. The highest BCUT2D eigenvalue weighted by atomic mass is 17.2. The minimum Gasteiger partial charge on any atom is -0.214 e. The smallest absolute Gasteiger partial charge is 0.179 e. The molecule has 0 saturated heterocycles. The first-order valence-electron chi connectivity index (χ1n) is 10.3. The van der Waals surface area contributed by atoms with Gasteiger partial charge in [-0.05, 0) is 35.4 Å². The Labute approximate surface area is 185 Å². The van der Waals surface area contributed by atoms with Crippen LogP contribution in [0.15, 0.2) is 97.1 Å². The van der Waals surface area contributed by atoms with E-state index in [-0.39, 0.29) is 0 Å². The van der Waals surface area contributed by atoms with Gasteiger partial charge in [0.05, 0.1) is 23.3 Å². The first-order valence-corrected chi connectivity index (χ1v) is 10.3. The van der Waals surface area contributed by atoms with E-state index >= 15 is 0 Å². The number of rotatable bonds is 2. The van der Waals surface area contributed by atoms with Gasteiger partial charge in [-0.25, -0.2) is 9.78 Å². The van der Waals surface area contributed by atoms with Gasteiger partial charge in [0, 0.05) is 22.3 Å². The van der Waals surface area contributed by atoms with Gasteiger partial charge in [-0.1, -0.05) is 72.8 Å². The third-order valence-electron chi connectivity index (χ3n) is 6.50. The van der Waals surface area contributed by atoms with E-state index in [1.807, 2.05) is 48.5 Å². The molecule has 1 aliphatic carbocycles. The molecule has 2 aliphatic heterocycles. The van der Waals surface area contributed by atoms with Crippen LogP contribution in [0.3, 0.4) is 0 Å². The lowest BCUT2D eigenvalue weighted by Gasteiger charge is -2.53. The largest absolute Gasteiger partial charge is 0.214 e. The van der Waals surface area contributed by atoms with Crippen LogP contribution in [0.1, 0.15) is 44.5 Å². The molecular formula is C28H16N2O2. The summed E-state index contributed by atoms with van der Waals surface area (Å²) in [7, 11) is 0. The van der Waals surface area contributed by atoms with E-state index in [4.69, 9.17) is 9.78 Å². The highest BCUT2D eigenvalue weighted by molar-refractivity contribution is 5.66. The quantitative estimate of drug-likeness (QED) is 0.420. The maximum atomic E-state index is 9.25. The molecule has 0 N–H and O–H groups in total. The SMILES string of the molecule is N#Cc1ccc(C23OOC(c4ccc(C#N)cc4)(c4ccccc42)c2ccccc23)cc1. The van der Waals surface area contributed by atoms with Gasteiger partial charge in [0.1, 0.15) is 0 Å². The zero-order chi connectivity index (χ0) is 21.8. The van der Waals surface area contributed by atoms with E-state index < -0.39 is 11.2 Å². The third kappa shape index (κ3) is 2.20. The predicted octanol–water partition coefficient (Wildman–Crippen LogP) is 5.29. The zero-order valence-electron chi connectivity index (χ0n) is 16.9. The van der Waals surface area contributed by atoms with Gasteiger partial charge < -0.3 is 0 Å². The van der Waals surface area contributed by atoms with Crippen LogP contribution in [0.4, 0.5) is 0 Å². The van der Waals surface area contributed by atoms with Crippen molar-refractivity contribution in [3.8, 4) is 12.1 Å². The molecule has 32 heavy (non-hydrogen) atoms. The summed E-state index contributed by atoms with van der Waals surface area (Å²) in [6, 6.07) is 35.6. The molecule has 4 nitrogen and oxygen atoms in total. The molecule has 2 heterocycles. The predicted molar refractivity (Wildman–Crippen MR) is 117 cm³/mol. The highest BCUT2D eigenvalue weighted by Gasteiger charge is 2.60. The second-order valence-corrected chi connectivity index (χ2v) is 8.00. The minimum atomic E-state index is -0.949. The van der Waals surface area contributed by atoms with Crippen LogP contribution in [-0.2, 0) is 21.0 Å². The van der Waals surface area contributed by atoms with Gasteiger partial charge in [-0.2, -0.15) is 10.5 Å². The number of hydrogen-bond donors (Lipinski definition) is 0. The Bertz CT molecular complexity index is 1280. The lowest BCUT2D eigenvalue weighted by atomic mass is 9.62. The van der Waals surface area contributed by atoms with Gasteiger partial charge in [0.2, 0.25) is 0 Å². The molecule has 150 valence electrons. The van der Waals surface area contributed by atoms with Crippen molar-refractivity contribution in [2.75, 3.05) is 0 Å². The Balaban J connectivity index is 1.69. The van der Waals surface area contributed by atoms with Crippen molar-refractivity contribution in [3.63, 3.8) is 0 Å². The number of fused-ring (bicyclic) bond motifs is 1. The molecule has 7 rings (SSSR count). The number of benzene rings is 4. The molecule has 0 radical (unpaired) electrons. The van der Waals surface area contributed by atoms with Crippen LogP contribution in [0.25, 0.3) is 0 Å². The molecule has 0 atom stereocenters. The molecule has 0 unspecified atom stereocenters. The maximum Gasteiger partial charge on any atom is 0.179 e. The Hall–Kier alpha value is -4.22. The monoisotopic (exact) mass is 412 g/mol. The van der Waals surface area contributed by atoms with E-state index in [0.717, 1.165) is 33.4 Å². The van der Waals surface area contributed by atoms with Crippen molar-refractivity contribution in [1.29, 1.82) is 10.5 Å². The minimum absolute atomic E-state index is 0.589. The highest BCUT2D eigenvalue weighted by Crippen LogP contribution is 2.60. The van der Waals surface area contributed by atoms with Crippen molar-refractivity contribution < 1.29 is 9.78 Å². The number of nitrogens with zero attached hydrogens (tertiary/aromatic N) is 2. The lowest BCUT2D eigenvalue weighted by Crippen LogP contribution is -2.53. The van der Waals surface area contributed by atoms with Gasteiger partial charge in [-0.15, -0.1) is 0 Å². The lowest BCUT2D eigenvalue weighted by molar-refractivity contribution is -0.410. The molecule has 4 aromatic carbocycles. The van der Waals surface area contributed by atoms with Crippen LogP contribution in [0, 0.1) is 22.7 Å². The summed E-state index contributed by atoms with van der Waals surface area (Å²) in [6.07, 6.45) is 0. The second-order valence-electron chi connectivity index (χ2n) is 8.00. The molecule has 0 amide bonds.